The maximum Gasteiger partial charge on any atom is 0.158 e. The minimum absolute atomic E-state index is 0.172. The molecule has 0 aliphatic rings. The van der Waals surface area contributed by atoms with Gasteiger partial charge in [0.25, 0.3) is 0 Å². The van der Waals surface area contributed by atoms with Crippen LogP contribution in [-0.2, 0) is 11.3 Å². The van der Waals surface area contributed by atoms with Gasteiger partial charge in [-0.3, -0.25) is 0 Å². The lowest BCUT2D eigenvalue weighted by Gasteiger charge is -2.16. The molecule has 0 saturated heterocycles. The normalized spacial score (nSPS) is 12.0. The molecule has 1 atom stereocenters. The van der Waals surface area contributed by atoms with Crippen molar-refractivity contribution in [2.45, 2.75) is 26.5 Å². The summed E-state index contributed by atoms with van der Waals surface area (Å²) in [5.41, 5.74) is 1.22. The van der Waals surface area contributed by atoms with Crippen molar-refractivity contribution in [3.05, 3.63) is 47.8 Å². The summed E-state index contributed by atoms with van der Waals surface area (Å²) >= 11 is 0. The fourth-order valence-electron chi connectivity index (χ4n) is 2.00. The highest BCUT2D eigenvalue weighted by atomic mass is 16.5. The second kappa shape index (κ2) is 7.59. The third-order valence-electron chi connectivity index (χ3n) is 3.13. The Morgan fingerprint density at radius 1 is 1.14 bits per heavy atom. The van der Waals surface area contributed by atoms with Crippen molar-refractivity contribution in [1.82, 2.24) is 9.97 Å². The molecule has 0 amide bonds. The molecule has 0 saturated carbocycles. The van der Waals surface area contributed by atoms with Crippen molar-refractivity contribution in [1.29, 1.82) is 0 Å². The second-order valence-corrected chi connectivity index (χ2v) is 4.72. The van der Waals surface area contributed by atoms with Crippen LogP contribution in [0.3, 0.4) is 0 Å². The van der Waals surface area contributed by atoms with Crippen LogP contribution in [-0.4, -0.2) is 23.6 Å². The molecule has 2 N–H and O–H groups in total. The minimum atomic E-state index is 0.172. The van der Waals surface area contributed by atoms with Crippen molar-refractivity contribution in [2.24, 2.45) is 0 Å². The van der Waals surface area contributed by atoms with Crippen molar-refractivity contribution < 1.29 is 4.74 Å². The standard InChI is InChI=1S/C16H22N4O/c1-4-21-11-16-19-14(17-3)10-15(20-16)18-12(2)13-8-6-5-7-9-13/h5-10,12H,4,11H2,1-3H3,(H2,17,18,19,20). The van der Waals surface area contributed by atoms with E-state index < -0.39 is 0 Å². The summed E-state index contributed by atoms with van der Waals surface area (Å²) in [7, 11) is 1.84. The molecule has 1 aromatic heterocycles. The molecule has 2 rings (SSSR count). The molecular weight excluding hydrogens is 264 g/mol. The molecule has 0 spiro atoms. The number of rotatable bonds is 7. The van der Waals surface area contributed by atoms with Gasteiger partial charge >= 0.3 is 0 Å². The molecule has 0 bridgehead atoms. The Hall–Kier alpha value is -2.14. The summed E-state index contributed by atoms with van der Waals surface area (Å²) in [6.07, 6.45) is 0. The highest BCUT2D eigenvalue weighted by Gasteiger charge is 2.08. The summed E-state index contributed by atoms with van der Waals surface area (Å²) in [6.45, 7) is 5.13. The van der Waals surface area contributed by atoms with Crippen LogP contribution >= 0.6 is 0 Å². The van der Waals surface area contributed by atoms with Gasteiger partial charge in [-0.15, -0.1) is 0 Å². The van der Waals surface area contributed by atoms with E-state index in [-0.39, 0.29) is 6.04 Å². The Morgan fingerprint density at radius 2 is 1.86 bits per heavy atom. The first kappa shape index (κ1) is 15.3. The SMILES string of the molecule is CCOCc1nc(NC)cc(NC(C)c2ccccc2)n1. The highest BCUT2D eigenvalue weighted by Crippen LogP contribution is 2.19. The second-order valence-electron chi connectivity index (χ2n) is 4.72. The average molecular weight is 286 g/mol. The fraction of sp³-hybridized carbons (Fsp3) is 0.375. The van der Waals surface area contributed by atoms with Crippen LogP contribution in [0.15, 0.2) is 36.4 Å². The third kappa shape index (κ3) is 4.43. The van der Waals surface area contributed by atoms with Crippen LogP contribution in [0.5, 0.6) is 0 Å². The zero-order valence-corrected chi connectivity index (χ0v) is 12.8. The van der Waals surface area contributed by atoms with E-state index in [1.54, 1.807) is 0 Å². The summed E-state index contributed by atoms with van der Waals surface area (Å²) in [5.74, 6) is 2.24. The van der Waals surface area contributed by atoms with Crippen LogP contribution < -0.4 is 10.6 Å². The van der Waals surface area contributed by atoms with Gasteiger partial charge in [0.05, 0.1) is 0 Å². The van der Waals surface area contributed by atoms with Gasteiger partial charge in [0.2, 0.25) is 0 Å². The van der Waals surface area contributed by atoms with Crippen LogP contribution in [0.1, 0.15) is 31.3 Å². The smallest absolute Gasteiger partial charge is 0.158 e. The minimum Gasteiger partial charge on any atom is -0.374 e. The van der Waals surface area contributed by atoms with Gasteiger partial charge in [0.1, 0.15) is 18.2 Å². The summed E-state index contributed by atoms with van der Waals surface area (Å²) in [5, 5.41) is 6.45. The van der Waals surface area contributed by atoms with Crippen LogP contribution in [0, 0.1) is 0 Å². The summed E-state index contributed by atoms with van der Waals surface area (Å²) < 4.78 is 5.38. The van der Waals surface area contributed by atoms with Crippen molar-refractivity contribution in [3.63, 3.8) is 0 Å². The molecule has 0 fully saturated rings. The number of ether oxygens (including phenoxy) is 1. The van der Waals surface area contributed by atoms with Crippen LogP contribution in [0.25, 0.3) is 0 Å². The maximum atomic E-state index is 5.38. The summed E-state index contributed by atoms with van der Waals surface area (Å²) in [4.78, 5) is 8.88. The lowest BCUT2D eigenvalue weighted by atomic mass is 10.1. The molecule has 0 aliphatic carbocycles. The summed E-state index contributed by atoms with van der Waals surface area (Å²) in [6, 6.07) is 12.3. The zero-order chi connectivity index (χ0) is 15.1. The van der Waals surface area contributed by atoms with Gasteiger partial charge in [-0.2, -0.15) is 0 Å². The van der Waals surface area contributed by atoms with Gasteiger partial charge in [-0.1, -0.05) is 30.3 Å². The Labute approximate surface area is 125 Å². The maximum absolute atomic E-state index is 5.38. The predicted octanol–water partition coefficient (Wildman–Crippen LogP) is 3.23. The van der Waals surface area contributed by atoms with E-state index in [0.29, 0.717) is 19.0 Å². The Bertz CT molecular complexity index is 559. The fourth-order valence-corrected chi connectivity index (χ4v) is 2.00. The topological polar surface area (TPSA) is 59.1 Å². The number of nitrogens with zero attached hydrogens (tertiary/aromatic N) is 2. The average Bonchev–Trinajstić information content (AvgIpc) is 2.53. The molecule has 0 aliphatic heterocycles. The van der Waals surface area contributed by atoms with E-state index in [0.717, 1.165) is 11.6 Å². The molecule has 0 radical (unpaired) electrons. The molecule has 112 valence electrons. The molecule has 1 unspecified atom stereocenters. The first-order chi connectivity index (χ1) is 10.2. The lowest BCUT2D eigenvalue weighted by Crippen LogP contribution is -2.11. The van der Waals surface area contributed by atoms with Gasteiger partial charge in [-0.05, 0) is 19.4 Å². The number of benzene rings is 1. The number of hydrogen-bond acceptors (Lipinski definition) is 5. The Balaban J connectivity index is 2.14. The Kier molecular flexibility index (Phi) is 5.51. The third-order valence-corrected chi connectivity index (χ3v) is 3.13. The molecule has 5 nitrogen and oxygen atoms in total. The number of aromatic nitrogens is 2. The molecule has 1 heterocycles. The van der Waals surface area contributed by atoms with Crippen LogP contribution in [0.2, 0.25) is 0 Å². The number of anilines is 2. The van der Waals surface area contributed by atoms with E-state index >= 15 is 0 Å². The van der Waals surface area contributed by atoms with E-state index in [1.165, 1.54) is 5.56 Å². The lowest BCUT2D eigenvalue weighted by molar-refractivity contribution is 0.128. The van der Waals surface area contributed by atoms with Crippen molar-refractivity contribution in [3.8, 4) is 0 Å². The van der Waals surface area contributed by atoms with E-state index in [1.807, 2.05) is 38.2 Å². The molecule has 5 heteroatoms. The van der Waals surface area contributed by atoms with Crippen molar-refractivity contribution >= 4 is 11.6 Å². The van der Waals surface area contributed by atoms with E-state index in [4.69, 9.17) is 4.74 Å². The number of nitrogens with one attached hydrogen (secondary N) is 2. The van der Waals surface area contributed by atoms with E-state index in [9.17, 15) is 0 Å². The Morgan fingerprint density at radius 3 is 2.52 bits per heavy atom. The van der Waals surface area contributed by atoms with Gasteiger partial charge in [0, 0.05) is 25.8 Å². The largest absolute Gasteiger partial charge is 0.374 e. The van der Waals surface area contributed by atoms with Crippen LogP contribution in [0.4, 0.5) is 11.6 Å². The van der Waals surface area contributed by atoms with E-state index in [2.05, 4.69) is 39.7 Å². The van der Waals surface area contributed by atoms with Gasteiger partial charge < -0.3 is 15.4 Å². The zero-order valence-electron chi connectivity index (χ0n) is 12.8. The highest BCUT2D eigenvalue weighted by molar-refractivity contribution is 5.48. The van der Waals surface area contributed by atoms with Crippen molar-refractivity contribution in [2.75, 3.05) is 24.3 Å². The van der Waals surface area contributed by atoms with Gasteiger partial charge in [-0.25, -0.2) is 9.97 Å². The molecule has 1 aromatic carbocycles. The van der Waals surface area contributed by atoms with Gasteiger partial charge in [0.15, 0.2) is 5.82 Å². The predicted molar refractivity (Wildman–Crippen MR) is 85.4 cm³/mol. The molecular formula is C16H22N4O. The first-order valence-electron chi connectivity index (χ1n) is 7.18. The first-order valence-corrected chi connectivity index (χ1v) is 7.18. The quantitative estimate of drug-likeness (QED) is 0.818. The molecule has 2 aromatic rings. The molecule has 21 heavy (non-hydrogen) atoms. The number of hydrogen-bond donors (Lipinski definition) is 2. The monoisotopic (exact) mass is 286 g/mol.